The first-order chi connectivity index (χ1) is 6.68. The molecule has 82 valence electrons. The minimum atomic E-state index is 0.145. The predicted molar refractivity (Wildman–Crippen MR) is 62.4 cm³/mol. The summed E-state index contributed by atoms with van der Waals surface area (Å²) in [6.07, 6.45) is 11.3. The number of unbranched alkanes of at least 4 members (excludes halogenated alkanes) is 5. The molecule has 0 fully saturated rings. The van der Waals surface area contributed by atoms with E-state index in [-0.39, 0.29) is 11.7 Å². The molecular formula is C13H24O. The molecule has 0 amide bonds. The van der Waals surface area contributed by atoms with E-state index >= 15 is 0 Å². The maximum atomic E-state index is 11.2. The summed E-state index contributed by atoms with van der Waals surface area (Å²) in [5.41, 5.74) is 0. The summed E-state index contributed by atoms with van der Waals surface area (Å²) in [6, 6.07) is 0. The molecule has 0 heterocycles. The summed E-state index contributed by atoms with van der Waals surface area (Å²) >= 11 is 0. The molecule has 0 unspecified atom stereocenters. The van der Waals surface area contributed by atoms with Gasteiger partial charge in [0.2, 0.25) is 0 Å². The minimum absolute atomic E-state index is 0.145. The lowest BCUT2D eigenvalue weighted by Gasteiger charge is -1.97. The van der Waals surface area contributed by atoms with Gasteiger partial charge < -0.3 is 0 Å². The van der Waals surface area contributed by atoms with Crippen molar-refractivity contribution in [3.05, 3.63) is 12.2 Å². The van der Waals surface area contributed by atoms with Crippen LogP contribution >= 0.6 is 0 Å². The van der Waals surface area contributed by atoms with Crippen LogP contribution in [-0.2, 0) is 4.79 Å². The fourth-order valence-corrected chi connectivity index (χ4v) is 1.26. The Labute approximate surface area is 88.6 Å². The zero-order valence-corrected chi connectivity index (χ0v) is 9.88. The predicted octanol–water partition coefficient (Wildman–Crippen LogP) is 4.13. The zero-order chi connectivity index (χ0) is 10.8. The van der Waals surface area contributed by atoms with Crippen LogP contribution in [0, 0.1) is 5.92 Å². The Hall–Kier alpha value is -0.590. The van der Waals surface area contributed by atoms with Gasteiger partial charge in [-0.3, -0.25) is 4.79 Å². The first-order valence-electron chi connectivity index (χ1n) is 5.88. The highest BCUT2D eigenvalue weighted by molar-refractivity contribution is 5.91. The zero-order valence-electron chi connectivity index (χ0n) is 9.88. The van der Waals surface area contributed by atoms with Gasteiger partial charge in [-0.05, 0) is 18.9 Å². The number of rotatable bonds is 8. The molecule has 0 N–H and O–H groups in total. The highest BCUT2D eigenvalue weighted by atomic mass is 16.1. The largest absolute Gasteiger partial charge is 0.295 e. The maximum Gasteiger partial charge on any atom is 0.157 e. The van der Waals surface area contributed by atoms with Crippen molar-refractivity contribution < 1.29 is 4.79 Å². The van der Waals surface area contributed by atoms with E-state index in [9.17, 15) is 4.79 Å². The Kier molecular flexibility index (Phi) is 8.61. The van der Waals surface area contributed by atoms with E-state index in [0.717, 1.165) is 6.42 Å². The molecular weight excluding hydrogens is 172 g/mol. The lowest BCUT2D eigenvalue weighted by Crippen LogP contribution is -2.01. The van der Waals surface area contributed by atoms with Crippen LogP contribution in [0.4, 0.5) is 0 Å². The van der Waals surface area contributed by atoms with Crippen molar-refractivity contribution in [3.63, 3.8) is 0 Å². The third kappa shape index (κ3) is 8.03. The first kappa shape index (κ1) is 13.4. The smallest absolute Gasteiger partial charge is 0.157 e. The molecule has 0 spiro atoms. The van der Waals surface area contributed by atoms with E-state index in [1.54, 1.807) is 6.08 Å². The van der Waals surface area contributed by atoms with Crippen LogP contribution in [0.5, 0.6) is 0 Å². The quantitative estimate of drug-likeness (QED) is 0.421. The number of carbonyl (C=O) groups is 1. The lowest BCUT2D eigenvalue weighted by molar-refractivity contribution is -0.117. The summed E-state index contributed by atoms with van der Waals surface area (Å²) in [4.78, 5) is 11.2. The SMILES string of the molecule is CCCCCCCC=CC(=O)C(C)C. The molecule has 0 aliphatic heterocycles. The standard InChI is InChI=1S/C13H24O/c1-4-5-6-7-8-9-10-11-13(14)12(2)3/h10-12H,4-9H2,1-3H3. The van der Waals surface area contributed by atoms with E-state index in [4.69, 9.17) is 0 Å². The molecule has 0 atom stereocenters. The monoisotopic (exact) mass is 196 g/mol. The molecule has 0 aliphatic rings. The Morgan fingerprint density at radius 1 is 1.14 bits per heavy atom. The molecule has 0 aliphatic carbocycles. The van der Waals surface area contributed by atoms with Gasteiger partial charge in [0.15, 0.2) is 5.78 Å². The van der Waals surface area contributed by atoms with E-state index in [1.807, 2.05) is 19.9 Å². The van der Waals surface area contributed by atoms with Gasteiger partial charge in [-0.15, -0.1) is 0 Å². The van der Waals surface area contributed by atoms with Crippen LogP contribution in [-0.4, -0.2) is 5.78 Å². The summed E-state index contributed by atoms with van der Waals surface area (Å²) < 4.78 is 0. The molecule has 1 heteroatoms. The first-order valence-corrected chi connectivity index (χ1v) is 5.88. The highest BCUT2D eigenvalue weighted by Gasteiger charge is 2.00. The third-order valence-electron chi connectivity index (χ3n) is 2.33. The van der Waals surface area contributed by atoms with Gasteiger partial charge in [-0.25, -0.2) is 0 Å². The van der Waals surface area contributed by atoms with Crippen LogP contribution < -0.4 is 0 Å². The Morgan fingerprint density at radius 3 is 2.36 bits per heavy atom. The summed E-state index contributed by atoms with van der Waals surface area (Å²) in [6.45, 7) is 6.10. The number of carbonyl (C=O) groups excluding carboxylic acids is 1. The van der Waals surface area contributed by atoms with Gasteiger partial charge in [-0.2, -0.15) is 0 Å². The fraction of sp³-hybridized carbons (Fsp3) is 0.769. The number of ketones is 1. The van der Waals surface area contributed by atoms with Gasteiger partial charge >= 0.3 is 0 Å². The Bertz CT molecular complexity index is 168. The van der Waals surface area contributed by atoms with Crippen LogP contribution in [0.1, 0.15) is 59.3 Å². The summed E-state index contributed by atoms with van der Waals surface area (Å²) in [5.74, 6) is 0.393. The maximum absolute atomic E-state index is 11.2. The molecule has 0 radical (unpaired) electrons. The van der Waals surface area contributed by atoms with Crippen molar-refractivity contribution in [2.75, 3.05) is 0 Å². The van der Waals surface area contributed by atoms with Gasteiger partial charge in [0, 0.05) is 5.92 Å². The molecule has 14 heavy (non-hydrogen) atoms. The molecule has 0 saturated carbocycles. The summed E-state index contributed by atoms with van der Waals surface area (Å²) in [7, 11) is 0. The van der Waals surface area contributed by atoms with E-state index in [2.05, 4.69) is 6.92 Å². The minimum Gasteiger partial charge on any atom is -0.295 e. The van der Waals surface area contributed by atoms with E-state index in [1.165, 1.54) is 32.1 Å². The molecule has 0 saturated heterocycles. The van der Waals surface area contributed by atoms with Crippen LogP contribution in [0.3, 0.4) is 0 Å². The van der Waals surface area contributed by atoms with Crippen molar-refractivity contribution in [1.82, 2.24) is 0 Å². The topological polar surface area (TPSA) is 17.1 Å². The van der Waals surface area contributed by atoms with Crippen molar-refractivity contribution >= 4 is 5.78 Å². The van der Waals surface area contributed by atoms with Crippen LogP contribution in [0.15, 0.2) is 12.2 Å². The van der Waals surface area contributed by atoms with Gasteiger partial charge in [-0.1, -0.05) is 52.5 Å². The van der Waals surface area contributed by atoms with E-state index in [0.29, 0.717) is 0 Å². The molecule has 0 aromatic rings. The van der Waals surface area contributed by atoms with Crippen molar-refractivity contribution in [3.8, 4) is 0 Å². The van der Waals surface area contributed by atoms with Crippen molar-refractivity contribution in [2.24, 2.45) is 5.92 Å². The number of hydrogen-bond acceptors (Lipinski definition) is 1. The molecule has 0 rings (SSSR count). The molecule has 1 nitrogen and oxygen atoms in total. The fourth-order valence-electron chi connectivity index (χ4n) is 1.26. The van der Waals surface area contributed by atoms with Gasteiger partial charge in [0.25, 0.3) is 0 Å². The normalized spacial score (nSPS) is 11.4. The molecule has 0 bridgehead atoms. The number of hydrogen-bond donors (Lipinski definition) is 0. The summed E-state index contributed by atoms with van der Waals surface area (Å²) in [5, 5.41) is 0. The van der Waals surface area contributed by atoms with Gasteiger partial charge in [0.05, 0.1) is 0 Å². The van der Waals surface area contributed by atoms with Crippen molar-refractivity contribution in [1.29, 1.82) is 0 Å². The van der Waals surface area contributed by atoms with E-state index < -0.39 is 0 Å². The Balaban J connectivity index is 3.31. The average Bonchev–Trinajstić information content (AvgIpc) is 2.16. The lowest BCUT2D eigenvalue weighted by atomic mass is 10.1. The second-order valence-corrected chi connectivity index (χ2v) is 4.16. The molecule has 0 aromatic carbocycles. The number of allylic oxidation sites excluding steroid dienone is 2. The Morgan fingerprint density at radius 2 is 1.79 bits per heavy atom. The highest BCUT2D eigenvalue weighted by Crippen LogP contribution is 2.05. The average molecular weight is 196 g/mol. The second-order valence-electron chi connectivity index (χ2n) is 4.16. The second kappa shape index (κ2) is 8.98. The van der Waals surface area contributed by atoms with Crippen LogP contribution in [0.2, 0.25) is 0 Å². The van der Waals surface area contributed by atoms with Crippen molar-refractivity contribution in [2.45, 2.75) is 59.3 Å². The third-order valence-corrected chi connectivity index (χ3v) is 2.33. The van der Waals surface area contributed by atoms with Gasteiger partial charge in [0.1, 0.15) is 0 Å². The van der Waals surface area contributed by atoms with Crippen LogP contribution in [0.25, 0.3) is 0 Å². The molecule has 0 aromatic heterocycles.